The van der Waals surface area contributed by atoms with Crippen LogP contribution in [0.2, 0.25) is 0 Å². The Bertz CT molecular complexity index is 531. The van der Waals surface area contributed by atoms with Crippen LogP contribution in [0.3, 0.4) is 0 Å². The standard InChI is InChI=1S/C11H14N6S/c1-3-8-15-10(17-12)7(2)11(16-8)18-9-6-13-4-5-14-9/h4-6H,3,12H2,1-2H3,(H,15,16,17). The first-order valence-corrected chi connectivity index (χ1v) is 6.34. The highest BCUT2D eigenvalue weighted by Crippen LogP contribution is 2.29. The summed E-state index contributed by atoms with van der Waals surface area (Å²) in [6.45, 7) is 3.93. The number of nitrogens with zero attached hydrogens (tertiary/aromatic N) is 4. The highest BCUT2D eigenvalue weighted by atomic mass is 32.2. The summed E-state index contributed by atoms with van der Waals surface area (Å²) in [5.74, 6) is 6.86. The summed E-state index contributed by atoms with van der Waals surface area (Å²) in [4.78, 5) is 17.0. The molecule has 0 spiro atoms. The highest BCUT2D eigenvalue weighted by Gasteiger charge is 2.11. The van der Waals surface area contributed by atoms with Gasteiger partial charge in [-0.25, -0.2) is 20.8 Å². The second kappa shape index (κ2) is 5.74. The molecule has 0 fully saturated rings. The Morgan fingerprint density at radius 1 is 1.33 bits per heavy atom. The van der Waals surface area contributed by atoms with Crippen molar-refractivity contribution in [3.8, 4) is 0 Å². The summed E-state index contributed by atoms with van der Waals surface area (Å²) < 4.78 is 0. The van der Waals surface area contributed by atoms with Gasteiger partial charge in [-0.1, -0.05) is 6.92 Å². The van der Waals surface area contributed by atoms with Crippen molar-refractivity contribution in [3.05, 3.63) is 30.0 Å². The van der Waals surface area contributed by atoms with E-state index in [9.17, 15) is 0 Å². The van der Waals surface area contributed by atoms with Gasteiger partial charge in [0.15, 0.2) is 0 Å². The average Bonchev–Trinajstić information content (AvgIpc) is 2.42. The fourth-order valence-electron chi connectivity index (χ4n) is 1.38. The lowest BCUT2D eigenvalue weighted by Gasteiger charge is -2.10. The predicted molar refractivity (Wildman–Crippen MR) is 70.1 cm³/mol. The lowest BCUT2D eigenvalue weighted by Crippen LogP contribution is -2.13. The van der Waals surface area contributed by atoms with Gasteiger partial charge in [0.2, 0.25) is 0 Å². The third-order valence-corrected chi connectivity index (χ3v) is 3.35. The van der Waals surface area contributed by atoms with Gasteiger partial charge in [0, 0.05) is 24.4 Å². The van der Waals surface area contributed by atoms with Crippen LogP contribution in [-0.2, 0) is 6.42 Å². The van der Waals surface area contributed by atoms with E-state index in [1.54, 1.807) is 18.6 Å². The first kappa shape index (κ1) is 12.7. The van der Waals surface area contributed by atoms with Crippen LogP contribution in [0.15, 0.2) is 28.6 Å². The van der Waals surface area contributed by atoms with Crippen molar-refractivity contribution in [1.29, 1.82) is 0 Å². The zero-order chi connectivity index (χ0) is 13.0. The van der Waals surface area contributed by atoms with E-state index in [1.807, 2.05) is 13.8 Å². The summed E-state index contributed by atoms with van der Waals surface area (Å²) in [5, 5.41) is 1.64. The molecule has 0 aliphatic carbocycles. The van der Waals surface area contributed by atoms with Gasteiger partial charge in [0.05, 0.1) is 6.20 Å². The molecule has 0 atom stereocenters. The van der Waals surface area contributed by atoms with Crippen molar-refractivity contribution in [1.82, 2.24) is 19.9 Å². The highest BCUT2D eigenvalue weighted by molar-refractivity contribution is 7.99. The number of nitrogens with two attached hydrogens (primary N) is 1. The Morgan fingerprint density at radius 2 is 2.17 bits per heavy atom. The third-order valence-electron chi connectivity index (χ3n) is 2.34. The molecule has 2 aromatic rings. The molecule has 2 rings (SSSR count). The lowest BCUT2D eigenvalue weighted by molar-refractivity contribution is 0.869. The molecular weight excluding hydrogens is 248 g/mol. The molecule has 0 bridgehead atoms. The van der Waals surface area contributed by atoms with E-state index < -0.39 is 0 Å². The van der Waals surface area contributed by atoms with Crippen LogP contribution in [0.4, 0.5) is 5.82 Å². The molecule has 94 valence electrons. The van der Waals surface area contributed by atoms with Crippen molar-refractivity contribution in [2.24, 2.45) is 5.84 Å². The maximum absolute atomic E-state index is 5.46. The van der Waals surface area contributed by atoms with Crippen molar-refractivity contribution in [2.45, 2.75) is 30.3 Å². The summed E-state index contributed by atoms with van der Waals surface area (Å²) in [7, 11) is 0. The Hall–Kier alpha value is -1.73. The van der Waals surface area contributed by atoms with Gasteiger partial charge < -0.3 is 5.43 Å². The molecule has 3 N–H and O–H groups in total. The second-order valence-electron chi connectivity index (χ2n) is 3.56. The van der Waals surface area contributed by atoms with Gasteiger partial charge in [0.25, 0.3) is 0 Å². The van der Waals surface area contributed by atoms with Crippen LogP contribution in [0.1, 0.15) is 18.3 Å². The summed E-state index contributed by atoms with van der Waals surface area (Å²) in [6, 6.07) is 0. The number of hydrogen-bond donors (Lipinski definition) is 2. The topological polar surface area (TPSA) is 89.6 Å². The smallest absolute Gasteiger partial charge is 0.147 e. The first-order valence-electron chi connectivity index (χ1n) is 5.52. The molecule has 6 nitrogen and oxygen atoms in total. The van der Waals surface area contributed by atoms with Crippen LogP contribution >= 0.6 is 11.8 Å². The van der Waals surface area contributed by atoms with Gasteiger partial charge in [0.1, 0.15) is 21.7 Å². The Balaban J connectivity index is 2.37. The minimum Gasteiger partial charge on any atom is -0.308 e. The largest absolute Gasteiger partial charge is 0.308 e. The van der Waals surface area contributed by atoms with Gasteiger partial charge in [-0.3, -0.25) is 4.98 Å². The van der Waals surface area contributed by atoms with Crippen molar-refractivity contribution < 1.29 is 0 Å². The normalized spacial score (nSPS) is 10.4. The molecule has 7 heteroatoms. The zero-order valence-electron chi connectivity index (χ0n) is 10.2. The van der Waals surface area contributed by atoms with Crippen LogP contribution in [0.5, 0.6) is 0 Å². The lowest BCUT2D eigenvalue weighted by atomic mass is 10.3. The molecule has 2 aromatic heterocycles. The number of hydrogen-bond acceptors (Lipinski definition) is 7. The molecular formula is C11H14N6S. The molecule has 0 amide bonds. The molecule has 0 unspecified atom stereocenters. The Labute approximate surface area is 109 Å². The first-order chi connectivity index (χ1) is 8.74. The molecule has 2 heterocycles. The van der Waals surface area contributed by atoms with Gasteiger partial charge >= 0.3 is 0 Å². The number of aromatic nitrogens is 4. The van der Waals surface area contributed by atoms with E-state index in [0.29, 0.717) is 5.82 Å². The quantitative estimate of drug-likeness (QED) is 0.491. The monoisotopic (exact) mass is 262 g/mol. The number of hydrazine groups is 1. The van der Waals surface area contributed by atoms with Gasteiger partial charge in [-0.2, -0.15) is 0 Å². The molecule has 0 aromatic carbocycles. The van der Waals surface area contributed by atoms with E-state index >= 15 is 0 Å². The van der Waals surface area contributed by atoms with E-state index in [2.05, 4.69) is 25.4 Å². The fraction of sp³-hybridized carbons (Fsp3) is 0.273. The third kappa shape index (κ3) is 2.74. The maximum Gasteiger partial charge on any atom is 0.147 e. The minimum absolute atomic E-state index is 0.647. The van der Waals surface area contributed by atoms with Crippen molar-refractivity contribution in [3.63, 3.8) is 0 Å². The van der Waals surface area contributed by atoms with E-state index in [-0.39, 0.29) is 0 Å². The second-order valence-corrected chi connectivity index (χ2v) is 4.57. The average molecular weight is 262 g/mol. The van der Waals surface area contributed by atoms with E-state index in [4.69, 9.17) is 5.84 Å². The summed E-state index contributed by atoms with van der Waals surface area (Å²) >= 11 is 1.45. The minimum atomic E-state index is 0.647. The number of aryl methyl sites for hydroxylation is 1. The molecule has 0 saturated heterocycles. The molecule has 18 heavy (non-hydrogen) atoms. The number of anilines is 1. The molecule has 0 radical (unpaired) electrons. The molecule has 0 aliphatic rings. The van der Waals surface area contributed by atoms with Crippen molar-refractivity contribution >= 4 is 17.6 Å². The maximum atomic E-state index is 5.46. The molecule has 0 saturated carbocycles. The SMILES string of the molecule is CCc1nc(NN)c(C)c(Sc2cnccn2)n1. The fourth-order valence-corrected chi connectivity index (χ4v) is 2.20. The number of nitrogen functional groups attached to an aromatic ring is 1. The summed E-state index contributed by atoms with van der Waals surface area (Å²) in [6.07, 6.45) is 5.75. The summed E-state index contributed by atoms with van der Waals surface area (Å²) in [5.41, 5.74) is 3.50. The zero-order valence-corrected chi connectivity index (χ0v) is 11.0. The van der Waals surface area contributed by atoms with Crippen LogP contribution in [-0.4, -0.2) is 19.9 Å². The van der Waals surface area contributed by atoms with Crippen LogP contribution < -0.4 is 11.3 Å². The van der Waals surface area contributed by atoms with Gasteiger partial charge in [-0.15, -0.1) is 0 Å². The van der Waals surface area contributed by atoms with E-state index in [0.717, 1.165) is 27.9 Å². The molecule has 0 aliphatic heterocycles. The number of nitrogens with one attached hydrogen (secondary N) is 1. The van der Waals surface area contributed by atoms with E-state index in [1.165, 1.54) is 11.8 Å². The van der Waals surface area contributed by atoms with Crippen molar-refractivity contribution in [2.75, 3.05) is 5.43 Å². The van der Waals surface area contributed by atoms with Crippen LogP contribution in [0.25, 0.3) is 0 Å². The van der Waals surface area contributed by atoms with Gasteiger partial charge in [-0.05, 0) is 18.7 Å². The Morgan fingerprint density at radius 3 is 2.78 bits per heavy atom. The predicted octanol–water partition coefficient (Wildman–Crippen LogP) is 1.57. The Kier molecular flexibility index (Phi) is 4.06. The van der Waals surface area contributed by atoms with Crippen LogP contribution in [0, 0.1) is 6.92 Å². The number of rotatable bonds is 4.